The monoisotopic (exact) mass is 235 g/mol. The van der Waals surface area contributed by atoms with E-state index in [1.807, 2.05) is 7.05 Å². The van der Waals surface area contributed by atoms with Crippen LogP contribution < -0.4 is 10.2 Å². The second-order valence-corrected chi connectivity index (χ2v) is 4.57. The lowest BCUT2D eigenvalue weighted by Gasteiger charge is -2.19. The lowest BCUT2D eigenvalue weighted by molar-refractivity contribution is 0.700. The molecule has 0 unspecified atom stereocenters. The average molecular weight is 235 g/mol. The van der Waals surface area contributed by atoms with Gasteiger partial charge in [-0.3, -0.25) is 0 Å². The quantitative estimate of drug-likeness (QED) is 0.737. The third-order valence-corrected chi connectivity index (χ3v) is 3.04. The Kier molecular flexibility index (Phi) is 5.98. The first-order chi connectivity index (χ1) is 8.19. The highest BCUT2D eigenvalue weighted by Crippen LogP contribution is 2.14. The van der Waals surface area contributed by atoms with Crippen molar-refractivity contribution in [1.82, 2.24) is 10.3 Å². The minimum Gasteiger partial charge on any atom is -0.360 e. The third-order valence-electron chi connectivity index (χ3n) is 3.04. The molecular weight excluding hydrogens is 210 g/mol. The molecule has 0 amide bonds. The summed E-state index contributed by atoms with van der Waals surface area (Å²) in [6.45, 7) is 6.29. The Morgan fingerprint density at radius 1 is 1.29 bits per heavy atom. The number of hydrogen-bond acceptors (Lipinski definition) is 3. The predicted octanol–water partition coefficient (Wildman–Crippen LogP) is 2.74. The Morgan fingerprint density at radius 3 is 2.65 bits per heavy atom. The summed E-state index contributed by atoms with van der Waals surface area (Å²) in [6.07, 6.45) is 3.80. The molecule has 1 aromatic heterocycles. The number of unbranched alkanes of at least 4 members (excludes halogenated alkanes) is 2. The zero-order valence-corrected chi connectivity index (χ0v) is 11.6. The molecule has 1 rings (SSSR count). The average Bonchev–Trinajstić information content (AvgIpc) is 2.32. The van der Waals surface area contributed by atoms with E-state index >= 15 is 0 Å². The molecule has 3 heteroatoms. The van der Waals surface area contributed by atoms with E-state index in [0.717, 1.165) is 24.6 Å². The Bertz CT molecular complexity index is 336. The smallest absolute Gasteiger partial charge is 0.128 e. The minimum absolute atomic E-state index is 0.888. The standard InChI is InChI=1S/C14H25N3/c1-5-6-7-10-17(4)14-9-8-13(11-15-3)12(2)16-14/h8-9,15H,5-7,10-11H2,1-4H3. The summed E-state index contributed by atoms with van der Waals surface area (Å²) in [5, 5.41) is 3.16. The summed E-state index contributed by atoms with van der Waals surface area (Å²) >= 11 is 0. The van der Waals surface area contributed by atoms with Crippen LogP contribution in [0.4, 0.5) is 5.82 Å². The Balaban J connectivity index is 2.62. The van der Waals surface area contributed by atoms with E-state index in [9.17, 15) is 0 Å². The minimum atomic E-state index is 0.888. The molecule has 96 valence electrons. The number of hydrogen-bond donors (Lipinski definition) is 1. The van der Waals surface area contributed by atoms with E-state index in [1.54, 1.807) is 0 Å². The SMILES string of the molecule is CCCCCN(C)c1ccc(CNC)c(C)n1. The van der Waals surface area contributed by atoms with E-state index in [1.165, 1.54) is 24.8 Å². The van der Waals surface area contributed by atoms with Gasteiger partial charge >= 0.3 is 0 Å². The van der Waals surface area contributed by atoms with E-state index in [-0.39, 0.29) is 0 Å². The summed E-state index contributed by atoms with van der Waals surface area (Å²) in [5.74, 6) is 1.08. The van der Waals surface area contributed by atoms with E-state index < -0.39 is 0 Å². The summed E-state index contributed by atoms with van der Waals surface area (Å²) in [7, 11) is 4.08. The van der Waals surface area contributed by atoms with Crippen molar-refractivity contribution in [3.8, 4) is 0 Å². The number of aryl methyl sites for hydroxylation is 1. The van der Waals surface area contributed by atoms with Gasteiger partial charge < -0.3 is 10.2 Å². The maximum Gasteiger partial charge on any atom is 0.128 e. The number of pyridine rings is 1. The molecule has 0 spiro atoms. The second-order valence-electron chi connectivity index (χ2n) is 4.57. The van der Waals surface area contributed by atoms with Crippen LogP contribution in [0.25, 0.3) is 0 Å². The van der Waals surface area contributed by atoms with Gasteiger partial charge in [-0.2, -0.15) is 0 Å². The number of nitrogens with one attached hydrogen (secondary N) is 1. The summed E-state index contributed by atoms with van der Waals surface area (Å²) in [4.78, 5) is 6.90. The van der Waals surface area contributed by atoms with Gasteiger partial charge in [-0.25, -0.2) is 4.98 Å². The van der Waals surface area contributed by atoms with Crippen molar-refractivity contribution in [2.24, 2.45) is 0 Å². The molecule has 0 aliphatic heterocycles. The van der Waals surface area contributed by atoms with Crippen LogP contribution in [0.2, 0.25) is 0 Å². The molecule has 1 N–H and O–H groups in total. The molecule has 3 nitrogen and oxygen atoms in total. The van der Waals surface area contributed by atoms with Crippen LogP contribution in [0.5, 0.6) is 0 Å². The van der Waals surface area contributed by atoms with Crippen LogP contribution in [-0.4, -0.2) is 25.6 Å². The fourth-order valence-electron chi connectivity index (χ4n) is 1.88. The zero-order chi connectivity index (χ0) is 12.7. The van der Waals surface area contributed by atoms with Crippen LogP contribution in [0.15, 0.2) is 12.1 Å². The molecule has 0 saturated heterocycles. The van der Waals surface area contributed by atoms with Crippen LogP contribution in [0.3, 0.4) is 0 Å². The topological polar surface area (TPSA) is 28.2 Å². The lowest BCUT2D eigenvalue weighted by Crippen LogP contribution is -2.20. The first kappa shape index (κ1) is 14.0. The molecule has 0 saturated carbocycles. The molecule has 17 heavy (non-hydrogen) atoms. The first-order valence-corrected chi connectivity index (χ1v) is 6.51. The lowest BCUT2D eigenvalue weighted by atomic mass is 10.2. The van der Waals surface area contributed by atoms with Crippen molar-refractivity contribution in [3.63, 3.8) is 0 Å². The normalized spacial score (nSPS) is 10.6. The van der Waals surface area contributed by atoms with Crippen molar-refractivity contribution >= 4 is 5.82 Å². The molecule has 0 aliphatic rings. The first-order valence-electron chi connectivity index (χ1n) is 6.51. The van der Waals surface area contributed by atoms with Gasteiger partial charge in [0.2, 0.25) is 0 Å². The Hall–Kier alpha value is -1.09. The Labute approximate surface area is 105 Å². The van der Waals surface area contributed by atoms with Gasteiger partial charge in [0.05, 0.1) is 0 Å². The molecular formula is C14H25N3. The summed E-state index contributed by atoms with van der Waals surface area (Å²) in [5.41, 5.74) is 2.40. The van der Waals surface area contributed by atoms with Gasteiger partial charge in [-0.1, -0.05) is 25.8 Å². The van der Waals surface area contributed by atoms with Crippen molar-refractivity contribution in [3.05, 3.63) is 23.4 Å². The van der Waals surface area contributed by atoms with Crippen molar-refractivity contribution in [2.75, 3.05) is 25.5 Å². The van der Waals surface area contributed by atoms with Gasteiger partial charge in [0.25, 0.3) is 0 Å². The number of nitrogens with zero attached hydrogens (tertiary/aromatic N) is 2. The molecule has 1 heterocycles. The number of rotatable bonds is 7. The second kappa shape index (κ2) is 7.28. The van der Waals surface area contributed by atoms with Crippen molar-refractivity contribution in [2.45, 2.75) is 39.7 Å². The molecule has 0 atom stereocenters. The highest BCUT2D eigenvalue weighted by atomic mass is 15.2. The van der Waals surface area contributed by atoms with Crippen LogP contribution in [0.1, 0.15) is 37.4 Å². The number of anilines is 1. The molecule has 0 aromatic carbocycles. The number of aromatic nitrogens is 1. The Morgan fingerprint density at radius 2 is 2.06 bits per heavy atom. The van der Waals surface area contributed by atoms with Gasteiger partial charge in [-0.05, 0) is 32.0 Å². The van der Waals surface area contributed by atoms with Crippen molar-refractivity contribution < 1.29 is 0 Å². The maximum atomic E-state index is 4.66. The van der Waals surface area contributed by atoms with E-state index in [2.05, 4.69) is 48.2 Å². The van der Waals surface area contributed by atoms with Crippen LogP contribution >= 0.6 is 0 Å². The van der Waals surface area contributed by atoms with E-state index in [4.69, 9.17) is 0 Å². The van der Waals surface area contributed by atoms with Crippen molar-refractivity contribution in [1.29, 1.82) is 0 Å². The van der Waals surface area contributed by atoms with Gasteiger partial charge in [0, 0.05) is 25.8 Å². The third kappa shape index (κ3) is 4.35. The van der Waals surface area contributed by atoms with Crippen LogP contribution in [0, 0.1) is 6.92 Å². The molecule has 0 fully saturated rings. The molecule has 0 aliphatic carbocycles. The van der Waals surface area contributed by atoms with E-state index in [0.29, 0.717) is 0 Å². The summed E-state index contributed by atoms with van der Waals surface area (Å²) < 4.78 is 0. The fourth-order valence-corrected chi connectivity index (χ4v) is 1.88. The zero-order valence-electron chi connectivity index (χ0n) is 11.6. The highest BCUT2D eigenvalue weighted by Gasteiger charge is 2.05. The van der Waals surface area contributed by atoms with Gasteiger partial charge in [0.1, 0.15) is 5.82 Å². The molecule has 0 bridgehead atoms. The highest BCUT2D eigenvalue weighted by molar-refractivity contribution is 5.40. The fraction of sp³-hybridized carbons (Fsp3) is 0.643. The predicted molar refractivity (Wildman–Crippen MR) is 74.5 cm³/mol. The largest absolute Gasteiger partial charge is 0.360 e. The molecule has 1 aromatic rings. The molecule has 0 radical (unpaired) electrons. The summed E-state index contributed by atoms with van der Waals surface area (Å²) in [6, 6.07) is 4.29. The van der Waals surface area contributed by atoms with Gasteiger partial charge in [0.15, 0.2) is 0 Å². The maximum absolute atomic E-state index is 4.66. The van der Waals surface area contributed by atoms with Gasteiger partial charge in [-0.15, -0.1) is 0 Å². The van der Waals surface area contributed by atoms with Crippen LogP contribution in [-0.2, 0) is 6.54 Å².